The Balaban J connectivity index is 1.40. The fourth-order valence-electron chi connectivity index (χ4n) is 3.35. The van der Waals surface area contributed by atoms with Crippen molar-refractivity contribution in [3.05, 3.63) is 63.0 Å². The largest absolute Gasteiger partial charge is 0.484 e. The number of amides is 2. The van der Waals surface area contributed by atoms with Crippen molar-refractivity contribution in [2.75, 3.05) is 19.7 Å². The van der Waals surface area contributed by atoms with Crippen molar-refractivity contribution in [3.8, 4) is 5.75 Å². The highest BCUT2D eigenvalue weighted by Crippen LogP contribution is 2.24. The van der Waals surface area contributed by atoms with E-state index in [-0.39, 0.29) is 60.7 Å². The van der Waals surface area contributed by atoms with Crippen LogP contribution in [0.15, 0.2) is 28.8 Å². The molecule has 13 heteroatoms. The van der Waals surface area contributed by atoms with Crippen LogP contribution < -0.4 is 15.4 Å². The van der Waals surface area contributed by atoms with Crippen molar-refractivity contribution in [2.24, 2.45) is 0 Å². The maximum absolute atomic E-state index is 12.2. The lowest BCUT2D eigenvalue weighted by molar-refractivity contribution is -0.386. The SMILES string of the molecule is Cc1nn(Cc2noc(C(=O)NCCNC(=O)COc3ccc(C(C)(C)C)cc3)n2)c(C)c1[N+](=O)[O-]. The molecule has 2 heterocycles. The fourth-order valence-corrected chi connectivity index (χ4v) is 3.35. The Hall–Kier alpha value is -4.29. The van der Waals surface area contributed by atoms with Crippen molar-refractivity contribution in [3.63, 3.8) is 0 Å². The van der Waals surface area contributed by atoms with Crippen molar-refractivity contribution < 1.29 is 23.8 Å². The highest BCUT2D eigenvalue weighted by atomic mass is 16.6. The van der Waals surface area contributed by atoms with Gasteiger partial charge in [0.25, 0.3) is 5.91 Å². The first-order chi connectivity index (χ1) is 17.0. The summed E-state index contributed by atoms with van der Waals surface area (Å²) < 4.78 is 11.8. The minimum atomic E-state index is -0.613. The summed E-state index contributed by atoms with van der Waals surface area (Å²) in [6, 6.07) is 7.57. The van der Waals surface area contributed by atoms with Gasteiger partial charge >= 0.3 is 17.5 Å². The highest BCUT2D eigenvalue weighted by Gasteiger charge is 2.23. The molecule has 0 saturated carbocycles. The van der Waals surface area contributed by atoms with Gasteiger partial charge in [-0.05, 0) is 37.0 Å². The van der Waals surface area contributed by atoms with Gasteiger partial charge in [0.1, 0.15) is 23.7 Å². The third-order valence-electron chi connectivity index (χ3n) is 5.30. The van der Waals surface area contributed by atoms with Gasteiger partial charge in [0.2, 0.25) is 0 Å². The van der Waals surface area contributed by atoms with Crippen LogP contribution in [0.2, 0.25) is 0 Å². The molecule has 0 fully saturated rings. The minimum absolute atomic E-state index is 0.00623. The Morgan fingerprint density at radius 3 is 2.42 bits per heavy atom. The van der Waals surface area contributed by atoms with Crippen LogP contribution in [0.5, 0.6) is 5.75 Å². The second-order valence-electron chi connectivity index (χ2n) is 9.12. The van der Waals surface area contributed by atoms with Crippen molar-refractivity contribution in [2.45, 2.75) is 46.6 Å². The third-order valence-corrected chi connectivity index (χ3v) is 5.30. The van der Waals surface area contributed by atoms with Gasteiger partial charge in [0.05, 0.1) is 4.92 Å². The zero-order valence-corrected chi connectivity index (χ0v) is 20.8. The lowest BCUT2D eigenvalue weighted by Gasteiger charge is -2.19. The van der Waals surface area contributed by atoms with E-state index in [1.807, 2.05) is 24.3 Å². The predicted octanol–water partition coefficient (Wildman–Crippen LogP) is 2.06. The van der Waals surface area contributed by atoms with Crippen LogP contribution in [0, 0.1) is 24.0 Å². The van der Waals surface area contributed by atoms with Crippen LogP contribution in [0.25, 0.3) is 0 Å². The second kappa shape index (κ2) is 11.0. The third kappa shape index (κ3) is 6.64. The zero-order chi connectivity index (χ0) is 26.5. The molecule has 2 aromatic heterocycles. The van der Waals surface area contributed by atoms with Gasteiger partial charge in [0, 0.05) is 13.1 Å². The summed E-state index contributed by atoms with van der Waals surface area (Å²) in [5.74, 6) is -0.481. The molecule has 2 N–H and O–H groups in total. The number of rotatable bonds is 10. The molecule has 0 saturated heterocycles. The standard InChI is InChI=1S/C23H29N7O6/c1-14-20(30(33)34)15(2)29(27-14)12-18-26-22(36-28-18)21(32)25-11-10-24-19(31)13-35-17-8-6-16(7-9-17)23(3,4)5/h6-9H,10-13H2,1-5H3,(H,24,31)(H,25,32). The van der Waals surface area contributed by atoms with Gasteiger partial charge < -0.3 is 19.9 Å². The molecule has 3 rings (SSSR count). The molecule has 0 unspecified atom stereocenters. The summed E-state index contributed by atoms with van der Waals surface area (Å²) in [7, 11) is 0. The molecule has 0 atom stereocenters. The van der Waals surface area contributed by atoms with E-state index in [2.05, 4.69) is 46.6 Å². The van der Waals surface area contributed by atoms with E-state index in [1.54, 1.807) is 6.92 Å². The van der Waals surface area contributed by atoms with Gasteiger partial charge in [-0.1, -0.05) is 38.1 Å². The Labute approximate surface area is 207 Å². The van der Waals surface area contributed by atoms with Gasteiger partial charge in [0.15, 0.2) is 12.4 Å². The van der Waals surface area contributed by atoms with E-state index in [0.717, 1.165) is 0 Å². The molecule has 0 aliphatic carbocycles. The summed E-state index contributed by atoms with van der Waals surface area (Å²) in [5.41, 5.74) is 1.73. The van der Waals surface area contributed by atoms with Crippen molar-refractivity contribution in [1.82, 2.24) is 30.6 Å². The summed E-state index contributed by atoms with van der Waals surface area (Å²) in [6.45, 7) is 9.60. The number of nitrogens with zero attached hydrogens (tertiary/aromatic N) is 5. The number of benzene rings is 1. The van der Waals surface area contributed by atoms with Crippen LogP contribution >= 0.6 is 0 Å². The van der Waals surface area contributed by atoms with Crippen LogP contribution in [0.1, 0.15) is 54.2 Å². The monoisotopic (exact) mass is 499 g/mol. The predicted molar refractivity (Wildman–Crippen MR) is 128 cm³/mol. The Kier molecular flexibility index (Phi) is 8.02. The number of carbonyl (C=O) groups excluding carboxylic acids is 2. The number of nitro groups is 1. The first kappa shape index (κ1) is 26.3. The molecule has 3 aromatic rings. The average molecular weight is 500 g/mol. The molecule has 0 spiro atoms. The molecule has 1 aromatic carbocycles. The van der Waals surface area contributed by atoms with Gasteiger partial charge in [-0.2, -0.15) is 10.1 Å². The second-order valence-corrected chi connectivity index (χ2v) is 9.12. The average Bonchev–Trinajstić information content (AvgIpc) is 3.39. The smallest absolute Gasteiger partial charge is 0.316 e. The van der Waals surface area contributed by atoms with E-state index in [0.29, 0.717) is 11.4 Å². The van der Waals surface area contributed by atoms with Crippen LogP contribution in [-0.2, 0) is 16.8 Å². The van der Waals surface area contributed by atoms with E-state index in [9.17, 15) is 19.7 Å². The molecule has 0 aliphatic rings. The summed E-state index contributed by atoms with van der Waals surface area (Å²) in [4.78, 5) is 38.8. The van der Waals surface area contributed by atoms with Gasteiger partial charge in [-0.25, -0.2) is 0 Å². The Bertz CT molecular complexity index is 1240. The van der Waals surface area contributed by atoms with Crippen molar-refractivity contribution in [1.29, 1.82) is 0 Å². The Morgan fingerprint density at radius 1 is 1.14 bits per heavy atom. The van der Waals surface area contributed by atoms with E-state index >= 15 is 0 Å². The molecule has 36 heavy (non-hydrogen) atoms. The van der Waals surface area contributed by atoms with Crippen LogP contribution in [-0.4, -0.2) is 56.4 Å². The van der Waals surface area contributed by atoms with E-state index in [1.165, 1.54) is 17.2 Å². The number of carbonyl (C=O) groups is 2. The number of ether oxygens (including phenoxy) is 1. The number of aryl methyl sites for hydroxylation is 1. The van der Waals surface area contributed by atoms with Crippen molar-refractivity contribution >= 4 is 17.5 Å². The topological polar surface area (TPSA) is 167 Å². The molecular formula is C23H29N7O6. The first-order valence-electron chi connectivity index (χ1n) is 11.2. The van der Waals surface area contributed by atoms with Crippen LogP contribution in [0.3, 0.4) is 0 Å². The lowest BCUT2D eigenvalue weighted by Crippen LogP contribution is -2.36. The quantitative estimate of drug-likeness (QED) is 0.241. The fraction of sp³-hybridized carbons (Fsp3) is 0.435. The summed E-state index contributed by atoms with van der Waals surface area (Å²) >= 11 is 0. The van der Waals surface area contributed by atoms with Gasteiger partial charge in [-0.15, -0.1) is 0 Å². The lowest BCUT2D eigenvalue weighted by atomic mass is 9.87. The molecule has 0 radical (unpaired) electrons. The number of aromatic nitrogens is 4. The van der Waals surface area contributed by atoms with E-state index < -0.39 is 10.8 Å². The maximum Gasteiger partial charge on any atom is 0.316 e. The summed E-state index contributed by atoms with van der Waals surface area (Å²) in [6.07, 6.45) is 0. The number of hydrogen-bond acceptors (Lipinski definition) is 9. The number of nitrogens with one attached hydrogen (secondary N) is 2. The first-order valence-corrected chi connectivity index (χ1v) is 11.2. The molecule has 0 bridgehead atoms. The van der Waals surface area contributed by atoms with E-state index in [4.69, 9.17) is 9.26 Å². The molecular weight excluding hydrogens is 470 g/mol. The number of hydrogen-bond donors (Lipinski definition) is 2. The zero-order valence-electron chi connectivity index (χ0n) is 20.8. The molecule has 13 nitrogen and oxygen atoms in total. The molecule has 192 valence electrons. The van der Waals surface area contributed by atoms with Gasteiger partial charge in [-0.3, -0.25) is 24.4 Å². The summed E-state index contributed by atoms with van der Waals surface area (Å²) in [5, 5.41) is 24.2. The minimum Gasteiger partial charge on any atom is -0.484 e. The normalized spacial score (nSPS) is 11.2. The highest BCUT2D eigenvalue weighted by molar-refractivity contribution is 5.89. The molecule has 2 amide bonds. The maximum atomic E-state index is 12.2. The molecule has 0 aliphatic heterocycles. The Morgan fingerprint density at radius 2 is 1.81 bits per heavy atom. The van der Waals surface area contributed by atoms with Crippen LogP contribution in [0.4, 0.5) is 5.69 Å².